The zero-order chi connectivity index (χ0) is 8.15. The van der Waals surface area contributed by atoms with Crippen LogP contribution in [-0.2, 0) is 0 Å². The van der Waals surface area contributed by atoms with Crippen LogP contribution in [0.5, 0.6) is 0 Å². The minimum absolute atomic E-state index is 0.213. The van der Waals surface area contributed by atoms with Gasteiger partial charge in [0.2, 0.25) is 0 Å². The molecule has 0 aromatic rings. The predicted octanol–water partition coefficient (Wildman–Crippen LogP) is 2.37. The molecule has 0 radical (unpaired) electrons. The quantitative estimate of drug-likeness (QED) is 0.627. The lowest BCUT2D eigenvalue weighted by molar-refractivity contribution is 0.658. The average molecular weight is 162 g/mol. The molecule has 0 fully saturated rings. The van der Waals surface area contributed by atoms with Gasteiger partial charge >= 0.3 is 0 Å². The van der Waals surface area contributed by atoms with Gasteiger partial charge < -0.3 is 5.32 Å². The SMILES string of the molecule is CN/C=C(\C)[C@H](C)[C@H](C)Cl. The molecular weight excluding hydrogens is 146 g/mol. The van der Waals surface area contributed by atoms with Crippen molar-refractivity contribution in [2.45, 2.75) is 26.1 Å². The predicted molar refractivity (Wildman–Crippen MR) is 47.3 cm³/mol. The Morgan fingerprint density at radius 1 is 1.50 bits per heavy atom. The van der Waals surface area contributed by atoms with Crippen molar-refractivity contribution in [3.05, 3.63) is 11.8 Å². The van der Waals surface area contributed by atoms with Crippen LogP contribution in [0.2, 0.25) is 0 Å². The Bertz CT molecular complexity index is 118. The smallest absolute Gasteiger partial charge is 0.0371 e. The summed E-state index contributed by atoms with van der Waals surface area (Å²) in [6.45, 7) is 6.22. The van der Waals surface area contributed by atoms with Crippen LogP contribution in [0.4, 0.5) is 0 Å². The molecule has 0 aromatic carbocycles. The lowest BCUT2D eigenvalue weighted by Gasteiger charge is -2.13. The van der Waals surface area contributed by atoms with Gasteiger partial charge in [0.25, 0.3) is 0 Å². The van der Waals surface area contributed by atoms with Gasteiger partial charge in [0.1, 0.15) is 0 Å². The van der Waals surface area contributed by atoms with Crippen molar-refractivity contribution in [3.8, 4) is 0 Å². The molecule has 0 rings (SSSR count). The molecule has 0 saturated carbocycles. The van der Waals surface area contributed by atoms with Gasteiger partial charge in [-0.2, -0.15) is 0 Å². The summed E-state index contributed by atoms with van der Waals surface area (Å²) in [5.41, 5.74) is 1.30. The molecule has 60 valence electrons. The van der Waals surface area contributed by atoms with Crippen LogP contribution in [0.1, 0.15) is 20.8 Å². The Morgan fingerprint density at radius 3 is 2.30 bits per heavy atom. The molecule has 1 nitrogen and oxygen atoms in total. The number of hydrogen-bond acceptors (Lipinski definition) is 1. The number of halogens is 1. The summed E-state index contributed by atoms with van der Waals surface area (Å²) in [6.07, 6.45) is 1.99. The van der Waals surface area contributed by atoms with Crippen LogP contribution in [0.15, 0.2) is 11.8 Å². The van der Waals surface area contributed by atoms with Crippen molar-refractivity contribution in [1.82, 2.24) is 5.32 Å². The Morgan fingerprint density at radius 2 is 2.00 bits per heavy atom. The molecule has 0 bridgehead atoms. The molecule has 10 heavy (non-hydrogen) atoms. The topological polar surface area (TPSA) is 12.0 Å². The first-order valence-electron chi connectivity index (χ1n) is 3.57. The normalized spacial score (nSPS) is 18.3. The van der Waals surface area contributed by atoms with Crippen molar-refractivity contribution < 1.29 is 0 Å². The Hall–Kier alpha value is -0.170. The fraction of sp³-hybridized carbons (Fsp3) is 0.750. The molecule has 0 unspecified atom stereocenters. The van der Waals surface area contributed by atoms with E-state index in [1.54, 1.807) is 0 Å². The Labute approximate surface area is 68.5 Å². The maximum absolute atomic E-state index is 5.89. The maximum Gasteiger partial charge on any atom is 0.0371 e. The Balaban J connectivity index is 3.93. The lowest BCUT2D eigenvalue weighted by Crippen LogP contribution is -2.10. The highest BCUT2D eigenvalue weighted by molar-refractivity contribution is 6.20. The van der Waals surface area contributed by atoms with E-state index in [1.165, 1.54) is 5.57 Å². The summed E-state index contributed by atoms with van der Waals surface area (Å²) in [5, 5.41) is 3.20. The summed E-state index contributed by atoms with van der Waals surface area (Å²) in [7, 11) is 1.90. The molecule has 0 aromatic heterocycles. The second kappa shape index (κ2) is 4.62. The van der Waals surface area contributed by atoms with Crippen molar-refractivity contribution >= 4 is 11.6 Å². The van der Waals surface area contributed by atoms with E-state index in [9.17, 15) is 0 Å². The van der Waals surface area contributed by atoms with Gasteiger partial charge in [0, 0.05) is 12.4 Å². The molecule has 0 aliphatic carbocycles. The minimum Gasteiger partial charge on any atom is -0.394 e. The first kappa shape index (κ1) is 9.83. The summed E-state index contributed by atoms with van der Waals surface area (Å²) >= 11 is 5.89. The van der Waals surface area contributed by atoms with Gasteiger partial charge in [-0.3, -0.25) is 0 Å². The molecule has 0 aliphatic rings. The number of rotatable bonds is 3. The summed E-state index contributed by atoms with van der Waals surface area (Å²) in [6, 6.07) is 0. The summed E-state index contributed by atoms with van der Waals surface area (Å²) in [5.74, 6) is 0.453. The first-order chi connectivity index (χ1) is 4.59. The molecule has 0 heterocycles. The van der Waals surface area contributed by atoms with Gasteiger partial charge in [-0.1, -0.05) is 12.5 Å². The van der Waals surface area contributed by atoms with Gasteiger partial charge in [0.15, 0.2) is 0 Å². The monoisotopic (exact) mass is 161 g/mol. The first-order valence-corrected chi connectivity index (χ1v) is 4.01. The van der Waals surface area contributed by atoms with Crippen molar-refractivity contribution in [1.29, 1.82) is 0 Å². The van der Waals surface area contributed by atoms with Crippen LogP contribution in [0, 0.1) is 5.92 Å². The van der Waals surface area contributed by atoms with E-state index in [0.717, 1.165) is 0 Å². The Kier molecular flexibility index (Phi) is 4.54. The molecule has 2 atom stereocenters. The fourth-order valence-corrected chi connectivity index (χ4v) is 0.920. The van der Waals surface area contributed by atoms with E-state index in [1.807, 2.05) is 20.2 Å². The number of hydrogen-bond donors (Lipinski definition) is 1. The molecule has 0 aliphatic heterocycles. The zero-order valence-electron chi connectivity index (χ0n) is 7.11. The number of alkyl halides is 1. The van der Waals surface area contributed by atoms with Gasteiger partial charge in [-0.05, 0) is 26.0 Å². The van der Waals surface area contributed by atoms with Gasteiger partial charge in [0.05, 0.1) is 0 Å². The molecule has 1 N–H and O–H groups in total. The van der Waals surface area contributed by atoms with E-state index in [-0.39, 0.29) is 5.38 Å². The van der Waals surface area contributed by atoms with Crippen LogP contribution in [0.25, 0.3) is 0 Å². The third kappa shape index (κ3) is 3.11. The van der Waals surface area contributed by atoms with Crippen LogP contribution in [0.3, 0.4) is 0 Å². The van der Waals surface area contributed by atoms with Crippen molar-refractivity contribution in [2.24, 2.45) is 5.92 Å². The molecule has 0 spiro atoms. The zero-order valence-corrected chi connectivity index (χ0v) is 7.87. The third-order valence-corrected chi connectivity index (χ3v) is 2.16. The number of nitrogens with one attached hydrogen (secondary N) is 1. The highest BCUT2D eigenvalue weighted by Crippen LogP contribution is 2.17. The largest absolute Gasteiger partial charge is 0.394 e. The summed E-state index contributed by atoms with van der Waals surface area (Å²) < 4.78 is 0. The minimum atomic E-state index is 0.213. The van der Waals surface area contributed by atoms with Crippen molar-refractivity contribution in [2.75, 3.05) is 7.05 Å². The van der Waals surface area contributed by atoms with E-state index >= 15 is 0 Å². The molecular formula is C8H16ClN. The molecule has 0 amide bonds. The van der Waals surface area contributed by atoms with E-state index in [2.05, 4.69) is 19.2 Å². The second-order valence-corrected chi connectivity index (χ2v) is 3.33. The number of allylic oxidation sites excluding steroid dienone is 1. The van der Waals surface area contributed by atoms with E-state index < -0.39 is 0 Å². The maximum atomic E-state index is 5.89. The molecule has 0 saturated heterocycles. The van der Waals surface area contributed by atoms with Crippen LogP contribution < -0.4 is 5.32 Å². The lowest BCUT2D eigenvalue weighted by atomic mass is 10.0. The highest BCUT2D eigenvalue weighted by Gasteiger charge is 2.09. The van der Waals surface area contributed by atoms with Crippen LogP contribution >= 0.6 is 11.6 Å². The fourth-order valence-electron chi connectivity index (χ4n) is 0.721. The standard InChI is InChI=1S/C8H16ClN/c1-6(5-10-4)7(2)8(3)9/h5,7-8,10H,1-4H3/b6-5+/t7-,8-/m0/s1. The van der Waals surface area contributed by atoms with E-state index in [4.69, 9.17) is 11.6 Å². The molecule has 2 heteroatoms. The average Bonchev–Trinajstić information content (AvgIpc) is 1.87. The highest BCUT2D eigenvalue weighted by atomic mass is 35.5. The summed E-state index contributed by atoms with van der Waals surface area (Å²) in [4.78, 5) is 0. The van der Waals surface area contributed by atoms with Gasteiger partial charge in [-0.25, -0.2) is 0 Å². The van der Waals surface area contributed by atoms with Gasteiger partial charge in [-0.15, -0.1) is 11.6 Å². The van der Waals surface area contributed by atoms with Crippen LogP contribution in [-0.4, -0.2) is 12.4 Å². The second-order valence-electron chi connectivity index (χ2n) is 2.64. The third-order valence-electron chi connectivity index (χ3n) is 1.78. The van der Waals surface area contributed by atoms with Crippen molar-refractivity contribution in [3.63, 3.8) is 0 Å². The van der Waals surface area contributed by atoms with E-state index in [0.29, 0.717) is 5.92 Å².